The Morgan fingerprint density at radius 1 is 1.31 bits per heavy atom. The van der Waals surface area contributed by atoms with E-state index >= 15 is 0 Å². The largest absolute Gasteiger partial charge is 0.481 e. The Bertz CT molecular complexity index is 243. The summed E-state index contributed by atoms with van der Waals surface area (Å²) in [5.74, 6) is -1.50. The fourth-order valence-corrected chi connectivity index (χ4v) is 2.42. The average Bonchev–Trinajstić information content (AvgIpc) is 2.27. The molecule has 0 bridgehead atoms. The van der Waals surface area contributed by atoms with Gasteiger partial charge in [0.15, 0.2) is 0 Å². The molecule has 0 aromatic rings. The number of ether oxygens (including phenoxy) is 1. The van der Waals surface area contributed by atoms with Crippen LogP contribution >= 0.6 is 0 Å². The van der Waals surface area contributed by atoms with Crippen LogP contribution in [0.3, 0.4) is 0 Å². The summed E-state index contributed by atoms with van der Waals surface area (Å²) in [5.41, 5.74) is 0. The highest BCUT2D eigenvalue weighted by molar-refractivity contribution is 5.79. The van der Waals surface area contributed by atoms with E-state index in [1.165, 1.54) is 6.42 Å². The molecule has 16 heavy (non-hydrogen) atoms. The monoisotopic (exact) mass is 228 g/mol. The molecular formula is C12H20O4. The Balaban J connectivity index is 2.60. The topological polar surface area (TPSA) is 63.6 Å². The van der Waals surface area contributed by atoms with Gasteiger partial charge in [0.25, 0.3) is 0 Å². The lowest BCUT2D eigenvalue weighted by Gasteiger charge is -2.27. The number of esters is 1. The van der Waals surface area contributed by atoms with Gasteiger partial charge in [0, 0.05) is 0 Å². The lowest BCUT2D eigenvalue weighted by Crippen LogP contribution is -2.29. The second-order valence-electron chi connectivity index (χ2n) is 4.35. The molecule has 0 amide bonds. The second kappa shape index (κ2) is 6.51. The van der Waals surface area contributed by atoms with E-state index in [1.54, 1.807) is 6.92 Å². The van der Waals surface area contributed by atoms with Crippen LogP contribution in [-0.4, -0.2) is 23.7 Å². The van der Waals surface area contributed by atoms with E-state index in [1.807, 2.05) is 0 Å². The molecule has 0 radical (unpaired) electrons. The van der Waals surface area contributed by atoms with Crippen molar-refractivity contribution in [2.24, 2.45) is 11.8 Å². The molecule has 1 aliphatic rings. The summed E-state index contributed by atoms with van der Waals surface area (Å²) in [7, 11) is 0. The first-order valence-corrected chi connectivity index (χ1v) is 6.03. The van der Waals surface area contributed by atoms with Crippen molar-refractivity contribution in [1.29, 1.82) is 0 Å². The van der Waals surface area contributed by atoms with Crippen LogP contribution in [0.4, 0.5) is 0 Å². The molecule has 1 N–H and O–H groups in total. The first-order chi connectivity index (χ1) is 7.65. The molecule has 0 saturated heterocycles. The van der Waals surface area contributed by atoms with Gasteiger partial charge in [0.2, 0.25) is 0 Å². The number of carboxylic acid groups (broad SMARTS) is 1. The van der Waals surface area contributed by atoms with Gasteiger partial charge in [-0.25, -0.2) is 0 Å². The van der Waals surface area contributed by atoms with Gasteiger partial charge in [0.1, 0.15) is 0 Å². The predicted octanol–water partition coefficient (Wildman–Crippen LogP) is 2.22. The zero-order valence-electron chi connectivity index (χ0n) is 9.78. The average molecular weight is 228 g/mol. The molecule has 1 saturated carbocycles. The fraction of sp³-hybridized carbons (Fsp3) is 0.833. The minimum atomic E-state index is -0.913. The molecule has 4 nitrogen and oxygen atoms in total. The summed E-state index contributed by atoms with van der Waals surface area (Å²) < 4.78 is 4.96. The van der Waals surface area contributed by atoms with Crippen LogP contribution in [0.1, 0.15) is 45.4 Å². The molecule has 0 aliphatic heterocycles. The minimum Gasteiger partial charge on any atom is -0.481 e. The minimum absolute atomic E-state index is 0.0938. The lowest BCUT2D eigenvalue weighted by atomic mass is 9.78. The summed E-state index contributed by atoms with van der Waals surface area (Å²) in [4.78, 5) is 22.4. The van der Waals surface area contributed by atoms with Crippen molar-refractivity contribution in [1.82, 2.24) is 0 Å². The van der Waals surface area contributed by atoms with E-state index < -0.39 is 11.9 Å². The SMILES string of the molecule is CCOC(=O)C(CC(=O)O)C1CCCCC1. The van der Waals surface area contributed by atoms with Crippen molar-refractivity contribution in [3.05, 3.63) is 0 Å². The van der Waals surface area contributed by atoms with Gasteiger partial charge in [-0.1, -0.05) is 19.3 Å². The zero-order chi connectivity index (χ0) is 12.0. The Kier molecular flexibility index (Phi) is 5.29. The lowest BCUT2D eigenvalue weighted by molar-refractivity contribution is -0.155. The number of carbonyl (C=O) groups is 2. The molecule has 1 atom stereocenters. The molecule has 92 valence electrons. The summed E-state index contributed by atoms with van der Waals surface area (Å²) in [6.07, 6.45) is 5.20. The van der Waals surface area contributed by atoms with Gasteiger partial charge in [-0.05, 0) is 25.7 Å². The van der Waals surface area contributed by atoms with Gasteiger partial charge < -0.3 is 9.84 Å². The highest BCUT2D eigenvalue weighted by Crippen LogP contribution is 2.32. The first-order valence-electron chi connectivity index (χ1n) is 6.03. The van der Waals surface area contributed by atoms with E-state index in [2.05, 4.69) is 0 Å². The van der Waals surface area contributed by atoms with Gasteiger partial charge in [0.05, 0.1) is 18.9 Å². The highest BCUT2D eigenvalue weighted by Gasteiger charge is 2.32. The predicted molar refractivity (Wildman–Crippen MR) is 59.0 cm³/mol. The first kappa shape index (κ1) is 13.0. The van der Waals surface area contributed by atoms with Gasteiger partial charge in [-0.2, -0.15) is 0 Å². The Hall–Kier alpha value is -1.06. The summed E-state index contributed by atoms with van der Waals surface area (Å²) in [5, 5.41) is 8.82. The quantitative estimate of drug-likeness (QED) is 0.733. The third kappa shape index (κ3) is 3.83. The van der Waals surface area contributed by atoms with Crippen molar-refractivity contribution in [3.63, 3.8) is 0 Å². The third-order valence-corrected chi connectivity index (χ3v) is 3.20. The maximum absolute atomic E-state index is 11.7. The van der Waals surface area contributed by atoms with Crippen molar-refractivity contribution >= 4 is 11.9 Å². The molecular weight excluding hydrogens is 208 g/mol. The van der Waals surface area contributed by atoms with Gasteiger partial charge in [-0.3, -0.25) is 9.59 Å². The molecule has 1 rings (SSSR count). The number of aliphatic carboxylic acids is 1. The number of hydrogen-bond acceptors (Lipinski definition) is 3. The molecule has 1 unspecified atom stereocenters. The maximum Gasteiger partial charge on any atom is 0.309 e. The number of carbonyl (C=O) groups excluding carboxylic acids is 1. The molecule has 1 fully saturated rings. The fourth-order valence-electron chi connectivity index (χ4n) is 2.42. The van der Waals surface area contributed by atoms with Crippen LogP contribution in [0, 0.1) is 11.8 Å². The van der Waals surface area contributed by atoms with Crippen molar-refractivity contribution in [2.45, 2.75) is 45.4 Å². The van der Waals surface area contributed by atoms with Gasteiger partial charge in [-0.15, -0.1) is 0 Å². The smallest absolute Gasteiger partial charge is 0.309 e. The van der Waals surface area contributed by atoms with E-state index in [0.29, 0.717) is 6.61 Å². The standard InChI is InChI=1S/C12H20O4/c1-2-16-12(15)10(8-11(13)14)9-6-4-3-5-7-9/h9-10H,2-8H2,1H3,(H,13,14). The van der Waals surface area contributed by atoms with Crippen LogP contribution in [0.25, 0.3) is 0 Å². The molecule has 0 aromatic heterocycles. The highest BCUT2D eigenvalue weighted by atomic mass is 16.5. The molecule has 4 heteroatoms. The van der Waals surface area contributed by atoms with E-state index in [-0.39, 0.29) is 18.3 Å². The van der Waals surface area contributed by atoms with Crippen LogP contribution in [0.2, 0.25) is 0 Å². The Morgan fingerprint density at radius 2 is 1.94 bits per heavy atom. The molecule has 0 aromatic carbocycles. The third-order valence-electron chi connectivity index (χ3n) is 3.20. The van der Waals surface area contributed by atoms with Crippen LogP contribution in [0.5, 0.6) is 0 Å². The Morgan fingerprint density at radius 3 is 2.44 bits per heavy atom. The zero-order valence-corrected chi connectivity index (χ0v) is 9.78. The maximum atomic E-state index is 11.7. The van der Waals surface area contributed by atoms with E-state index in [9.17, 15) is 9.59 Å². The van der Waals surface area contributed by atoms with Crippen molar-refractivity contribution < 1.29 is 19.4 Å². The summed E-state index contributed by atoms with van der Waals surface area (Å²) >= 11 is 0. The van der Waals surface area contributed by atoms with Crippen molar-refractivity contribution in [2.75, 3.05) is 6.61 Å². The van der Waals surface area contributed by atoms with Crippen molar-refractivity contribution in [3.8, 4) is 0 Å². The van der Waals surface area contributed by atoms with E-state index in [0.717, 1.165) is 25.7 Å². The van der Waals surface area contributed by atoms with Gasteiger partial charge >= 0.3 is 11.9 Å². The number of rotatable bonds is 5. The molecule has 1 aliphatic carbocycles. The number of carboxylic acids is 1. The summed E-state index contributed by atoms with van der Waals surface area (Å²) in [6, 6.07) is 0. The number of hydrogen-bond donors (Lipinski definition) is 1. The van der Waals surface area contributed by atoms with E-state index in [4.69, 9.17) is 9.84 Å². The van der Waals surface area contributed by atoms with Crippen LogP contribution in [-0.2, 0) is 14.3 Å². The summed E-state index contributed by atoms with van der Waals surface area (Å²) in [6.45, 7) is 2.07. The van der Waals surface area contributed by atoms with Crippen LogP contribution in [0.15, 0.2) is 0 Å². The molecule has 0 heterocycles. The second-order valence-corrected chi connectivity index (χ2v) is 4.35. The van der Waals surface area contributed by atoms with Crippen LogP contribution < -0.4 is 0 Å². The normalized spacial score (nSPS) is 19.1. The Labute approximate surface area is 96.0 Å². The molecule has 0 spiro atoms.